The summed E-state index contributed by atoms with van der Waals surface area (Å²) in [5, 5.41) is 2.76. The number of ether oxygens (including phenoxy) is 1. The van der Waals surface area contributed by atoms with Gasteiger partial charge in [0, 0.05) is 17.6 Å². The number of nitrogens with zero attached hydrogens (tertiary/aromatic N) is 1. The van der Waals surface area contributed by atoms with Crippen molar-refractivity contribution < 1.29 is 9.53 Å². The zero-order valence-corrected chi connectivity index (χ0v) is 13.0. The first kappa shape index (κ1) is 16.3. The van der Waals surface area contributed by atoms with Crippen molar-refractivity contribution in [1.82, 2.24) is 10.2 Å². The zero-order valence-electron chi connectivity index (χ0n) is 13.0. The Hall–Kier alpha value is -1.75. The third-order valence-corrected chi connectivity index (χ3v) is 3.40. The van der Waals surface area contributed by atoms with Crippen LogP contribution in [0.25, 0.3) is 0 Å². The topological polar surface area (TPSA) is 67.6 Å². The van der Waals surface area contributed by atoms with Crippen molar-refractivity contribution in [3.8, 4) is 5.75 Å². The maximum atomic E-state index is 11.8. The molecule has 0 radical (unpaired) electrons. The van der Waals surface area contributed by atoms with Crippen LogP contribution >= 0.6 is 0 Å². The van der Waals surface area contributed by atoms with E-state index in [0.29, 0.717) is 30.2 Å². The molecule has 20 heavy (non-hydrogen) atoms. The van der Waals surface area contributed by atoms with Crippen LogP contribution in [0, 0.1) is 0 Å². The molecule has 0 aliphatic rings. The molecule has 1 aromatic carbocycles. The lowest BCUT2D eigenvalue weighted by Crippen LogP contribution is -2.43. The number of likely N-dealkylation sites (N-methyl/N-ethyl adjacent to an activating group) is 1. The summed E-state index contributed by atoms with van der Waals surface area (Å²) >= 11 is 0. The second-order valence-corrected chi connectivity index (χ2v) is 5.61. The van der Waals surface area contributed by atoms with Gasteiger partial charge in [-0.1, -0.05) is 0 Å². The summed E-state index contributed by atoms with van der Waals surface area (Å²) < 4.78 is 5.79. The molecule has 0 unspecified atom stereocenters. The average molecular weight is 279 g/mol. The summed E-state index contributed by atoms with van der Waals surface area (Å²) in [4.78, 5) is 13.9. The highest BCUT2D eigenvalue weighted by atomic mass is 16.5. The molecule has 0 saturated heterocycles. The highest BCUT2D eigenvalue weighted by Gasteiger charge is 2.22. The number of carbonyl (C=O) groups is 1. The van der Waals surface area contributed by atoms with Crippen LogP contribution in [0.2, 0.25) is 0 Å². The van der Waals surface area contributed by atoms with E-state index in [2.05, 4.69) is 24.1 Å². The fourth-order valence-electron chi connectivity index (χ4n) is 1.45. The third kappa shape index (κ3) is 4.13. The van der Waals surface area contributed by atoms with E-state index in [1.807, 2.05) is 21.0 Å². The van der Waals surface area contributed by atoms with Crippen molar-refractivity contribution in [2.45, 2.75) is 26.3 Å². The van der Waals surface area contributed by atoms with Crippen molar-refractivity contribution in [1.29, 1.82) is 0 Å². The van der Waals surface area contributed by atoms with Crippen molar-refractivity contribution in [2.75, 3.05) is 33.0 Å². The molecule has 5 heteroatoms. The highest BCUT2D eigenvalue weighted by Crippen LogP contribution is 2.24. The van der Waals surface area contributed by atoms with Crippen LogP contribution in [-0.4, -0.2) is 43.6 Å². The monoisotopic (exact) mass is 279 g/mol. The predicted octanol–water partition coefficient (Wildman–Crippen LogP) is 1.74. The van der Waals surface area contributed by atoms with Gasteiger partial charge >= 0.3 is 0 Å². The fraction of sp³-hybridized carbons (Fsp3) is 0.533. The molecule has 0 bridgehead atoms. The molecule has 112 valence electrons. The molecular formula is C15H25N3O2. The van der Waals surface area contributed by atoms with E-state index in [1.165, 1.54) is 0 Å². The number of hydrogen-bond acceptors (Lipinski definition) is 4. The van der Waals surface area contributed by atoms with E-state index in [4.69, 9.17) is 10.5 Å². The molecule has 0 saturated carbocycles. The van der Waals surface area contributed by atoms with Gasteiger partial charge in [0.25, 0.3) is 5.91 Å². The van der Waals surface area contributed by atoms with Crippen LogP contribution in [0.3, 0.4) is 0 Å². The quantitative estimate of drug-likeness (QED) is 0.778. The molecule has 1 rings (SSSR count). The molecule has 3 N–H and O–H groups in total. The Labute approximate surface area is 121 Å². The average Bonchev–Trinajstić information content (AvgIpc) is 2.37. The summed E-state index contributed by atoms with van der Waals surface area (Å²) in [6, 6.07) is 5.08. The van der Waals surface area contributed by atoms with Crippen LogP contribution in [0.1, 0.15) is 31.1 Å². The SMILES string of the molecule is CCNC(=O)c1ccc(N)c(OCC(C)(C)N(C)C)c1. The molecule has 0 spiro atoms. The van der Waals surface area contributed by atoms with Gasteiger partial charge in [-0.2, -0.15) is 0 Å². The van der Waals surface area contributed by atoms with Gasteiger partial charge in [0.1, 0.15) is 12.4 Å². The number of hydrogen-bond donors (Lipinski definition) is 2. The molecule has 0 heterocycles. The second-order valence-electron chi connectivity index (χ2n) is 5.61. The minimum atomic E-state index is -0.121. The van der Waals surface area contributed by atoms with Crippen molar-refractivity contribution in [3.63, 3.8) is 0 Å². The number of nitrogens with two attached hydrogens (primary N) is 1. The first-order chi connectivity index (χ1) is 9.27. The molecule has 1 amide bonds. The lowest BCUT2D eigenvalue weighted by atomic mass is 10.1. The van der Waals surface area contributed by atoms with Crippen molar-refractivity contribution >= 4 is 11.6 Å². The summed E-state index contributed by atoms with van der Waals surface area (Å²) in [7, 11) is 4.00. The van der Waals surface area contributed by atoms with Gasteiger partial charge in [0.05, 0.1) is 5.69 Å². The molecule has 0 aliphatic heterocycles. The Morgan fingerprint density at radius 1 is 1.40 bits per heavy atom. The summed E-state index contributed by atoms with van der Waals surface area (Å²) in [6.07, 6.45) is 0. The maximum absolute atomic E-state index is 11.8. The van der Waals surface area contributed by atoms with E-state index < -0.39 is 0 Å². The number of benzene rings is 1. The highest BCUT2D eigenvalue weighted by molar-refractivity contribution is 5.95. The molecular weight excluding hydrogens is 254 g/mol. The summed E-state index contributed by atoms with van der Waals surface area (Å²) in [5.41, 5.74) is 6.87. The number of anilines is 1. The number of carbonyl (C=O) groups excluding carboxylic acids is 1. The van der Waals surface area contributed by atoms with E-state index >= 15 is 0 Å². The maximum Gasteiger partial charge on any atom is 0.251 e. The van der Waals surface area contributed by atoms with E-state index in [0.717, 1.165) is 0 Å². The minimum absolute atomic E-state index is 0.117. The first-order valence-electron chi connectivity index (χ1n) is 6.76. The van der Waals surface area contributed by atoms with Gasteiger partial charge in [-0.25, -0.2) is 0 Å². The van der Waals surface area contributed by atoms with Crippen LogP contribution < -0.4 is 15.8 Å². The third-order valence-electron chi connectivity index (χ3n) is 3.40. The van der Waals surface area contributed by atoms with Crippen molar-refractivity contribution in [3.05, 3.63) is 23.8 Å². The van der Waals surface area contributed by atoms with Gasteiger partial charge < -0.3 is 20.7 Å². The van der Waals surface area contributed by atoms with Crippen LogP contribution in [0.5, 0.6) is 5.75 Å². The van der Waals surface area contributed by atoms with Gasteiger partial charge in [-0.15, -0.1) is 0 Å². The number of amides is 1. The molecule has 5 nitrogen and oxygen atoms in total. The van der Waals surface area contributed by atoms with Gasteiger partial charge in [0.15, 0.2) is 0 Å². The molecule has 1 aromatic rings. The van der Waals surface area contributed by atoms with Crippen molar-refractivity contribution in [2.24, 2.45) is 0 Å². The molecule has 0 aromatic heterocycles. The molecule has 0 fully saturated rings. The summed E-state index contributed by atoms with van der Waals surface area (Å²) in [5.74, 6) is 0.424. The Bertz CT molecular complexity index is 470. The van der Waals surface area contributed by atoms with E-state index in [-0.39, 0.29) is 11.4 Å². The molecule has 0 aliphatic carbocycles. The fourth-order valence-corrected chi connectivity index (χ4v) is 1.45. The predicted molar refractivity (Wildman–Crippen MR) is 82.1 cm³/mol. The van der Waals surface area contributed by atoms with E-state index in [1.54, 1.807) is 18.2 Å². The first-order valence-corrected chi connectivity index (χ1v) is 6.76. The number of nitrogen functional groups attached to an aromatic ring is 1. The Kier molecular flexibility index (Phi) is 5.39. The minimum Gasteiger partial charge on any atom is -0.489 e. The lowest BCUT2D eigenvalue weighted by Gasteiger charge is -2.32. The Morgan fingerprint density at radius 2 is 2.05 bits per heavy atom. The second kappa shape index (κ2) is 6.61. The van der Waals surface area contributed by atoms with E-state index in [9.17, 15) is 4.79 Å². The Morgan fingerprint density at radius 3 is 2.60 bits per heavy atom. The largest absolute Gasteiger partial charge is 0.489 e. The number of nitrogens with one attached hydrogen (secondary N) is 1. The summed E-state index contributed by atoms with van der Waals surface area (Å²) in [6.45, 7) is 7.12. The van der Waals surface area contributed by atoms with Gasteiger partial charge in [-0.05, 0) is 53.1 Å². The van der Waals surface area contributed by atoms with Crippen LogP contribution in [-0.2, 0) is 0 Å². The van der Waals surface area contributed by atoms with Crippen LogP contribution in [0.15, 0.2) is 18.2 Å². The lowest BCUT2D eigenvalue weighted by molar-refractivity contribution is 0.0954. The normalized spacial score (nSPS) is 11.5. The molecule has 0 atom stereocenters. The number of rotatable bonds is 6. The smallest absolute Gasteiger partial charge is 0.251 e. The van der Waals surface area contributed by atoms with Gasteiger partial charge in [-0.3, -0.25) is 4.79 Å². The zero-order chi connectivity index (χ0) is 15.3. The van der Waals surface area contributed by atoms with Gasteiger partial charge in [0.2, 0.25) is 0 Å². The Balaban J connectivity index is 2.85. The standard InChI is InChI=1S/C15H25N3O2/c1-6-17-14(19)11-7-8-12(16)13(9-11)20-10-15(2,3)18(4)5/h7-9H,6,10,16H2,1-5H3,(H,17,19). The van der Waals surface area contributed by atoms with Crippen LogP contribution in [0.4, 0.5) is 5.69 Å².